The van der Waals surface area contributed by atoms with Crippen LogP contribution in [0, 0.1) is 0 Å². The summed E-state index contributed by atoms with van der Waals surface area (Å²) in [6, 6.07) is 0. The molecule has 0 N–H and O–H groups in total. The van der Waals surface area contributed by atoms with Crippen LogP contribution < -0.4 is 0 Å². The number of nitrogens with zero attached hydrogens (tertiary/aromatic N) is 1. The highest BCUT2D eigenvalue weighted by atomic mass is 16.5. The van der Waals surface area contributed by atoms with Gasteiger partial charge in [0.1, 0.15) is 0 Å². The minimum absolute atomic E-state index is 0.276. The molecule has 0 bridgehead atoms. The zero-order chi connectivity index (χ0) is 16.8. The maximum absolute atomic E-state index is 11.3. The topological polar surface area (TPSA) is 65.1 Å². The van der Waals surface area contributed by atoms with Crippen LogP contribution in [0.25, 0.3) is 0 Å². The molecule has 0 fully saturated rings. The SMILES string of the molecule is CCCCCCCOCCOCCOCCN1C(=O)C=CC1=O. The summed E-state index contributed by atoms with van der Waals surface area (Å²) in [5, 5.41) is 0. The van der Waals surface area contributed by atoms with Gasteiger partial charge < -0.3 is 14.2 Å². The van der Waals surface area contributed by atoms with Gasteiger partial charge in [0.15, 0.2) is 0 Å². The molecule has 132 valence electrons. The number of hydrogen-bond donors (Lipinski definition) is 0. The molecule has 2 amide bonds. The van der Waals surface area contributed by atoms with Crippen LogP contribution in [-0.4, -0.2) is 62.9 Å². The minimum Gasteiger partial charge on any atom is -0.379 e. The number of ether oxygens (including phenoxy) is 3. The molecule has 0 atom stereocenters. The first-order chi connectivity index (χ1) is 11.3. The fourth-order valence-electron chi connectivity index (χ4n) is 2.16. The van der Waals surface area contributed by atoms with E-state index in [0.29, 0.717) is 33.0 Å². The normalized spacial score (nSPS) is 14.2. The van der Waals surface area contributed by atoms with Crippen LogP contribution in [0.3, 0.4) is 0 Å². The number of amides is 2. The average Bonchev–Trinajstić information content (AvgIpc) is 2.86. The Hall–Kier alpha value is -1.24. The Morgan fingerprint density at radius 2 is 1.26 bits per heavy atom. The molecule has 23 heavy (non-hydrogen) atoms. The van der Waals surface area contributed by atoms with Crippen LogP contribution in [0.5, 0.6) is 0 Å². The molecule has 0 aromatic rings. The second kappa shape index (κ2) is 13.2. The maximum atomic E-state index is 11.3. The molecule has 1 heterocycles. The van der Waals surface area contributed by atoms with Gasteiger partial charge in [-0.25, -0.2) is 0 Å². The Balaban J connectivity index is 1.77. The molecule has 0 unspecified atom stereocenters. The highest BCUT2D eigenvalue weighted by Gasteiger charge is 2.22. The van der Waals surface area contributed by atoms with E-state index < -0.39 is 0 Å². The first-order valence-corrected chi connectivity index (χ1v) is 8.52. The Morgan fingerprint density at radius 3 is 1.87 bits per heavy atom. The van der Waals surface area contributed by atoms with Crippen molar-refractivity contribution in [3.05, 3.63) is 12.2 Å². The largest absolute Gasteiger partial charge is 0.379 e. The van der Waals surface area contributed by atoms with Crippen LogP contribution in [-0.2, 0) is 23.8 Å². The summed E-state index contributed by atoms with van der Waals surface area (Å²) in [6.07, 6.45) is 8.76. The van der Waals surface area contributed by atoms with Crippen LogP contribution in [0.4, 0.5) is 0 Å². The van der Waals surface area contributed by atoms with Gasteiger partial charge in [-0.15, -0.1) is 0 Å². The van der Waals surface area contributed by atoms with Crippen molar-refractivity contribution >= 4 is 11.8 Å². The van der Waals surface area contributed by atoms with E-state index >= 15 is 0 Å². The van der Waals surface area contributed by atoms with E-state index in [1.54, 1.807) is 0 Å². The number of unbranched alkanes of at least 4 members (excludes halogenated alkanes) is 4. The summed E-state index contributed by atoms with van der Waals surface area (Å²) in [6.45, 7) is 5.72. The van der Waals surface area contributed by atoms with Gasteiger partial charge in [0.25, 0.3) is 11.8 Å². The van der Waals surface area contributed by atoms with Gasteiger partial charge in [-0.1, -0.05) is 32.6 Å². The predicted octanol–water partition coefficient (Wildman–Crippen LogP) is 1.93. The Kier molecular flexibility index (Phi) is 11.4. The van der Waals surface area contributed by atoms with Crippen molar-refractivity contribution in [3.63, 3.8) is 0 Å². The molecule has 0 aliphatic carbocycles. The van der Waals surface area contributed by atoms with Crippen LogP contribution in [0.15, 0.2) is 12.2 Å². The third-order valence-electron chi connectivity index (χ3n) is 3.50. The molecular formula is C17H29NO5. The van der Waals surface area contributed by atoms with Gasteiger partial charge in [-0.2, -0.15) is 0 Å². The quantitative estimate of drug-likeness (QED) is 0.340. The molecule has 0 radical (unpaired) electrons. The summed E-state index contributed by atoms with van der Waals surface area (Å²) in [7, 11) is 0. The van der Waals surface area contributed by atoms with Crippen LogP contribution >= 0.6 is 0 Å². The molecule has 0 saturated carbocycles. The first kappa shape index (κ1) is 19.8. The first-order valence-electron chi connectivity index (χ1n) is 8.52. The molecule has 0 aromatic heterocycles. The van der Waals surface area contributed by atoms with Gasteiger partial charge in [0, 0.05) is 18.8 Å². The van der Waals surface area contributed by atoms with E-state index in [2.05, 4.69) is 6.92 Å². The van der Waals surface area contributed by atoms with Gasteiger partial charge in [-0.05, 0) is 6.42 Å². The van der Waals surface area contributed by atoms with E-state index in [1.165, 1.54) is 37.8 Å². The monoisotopic (exact) mass is 327 g/mol. The molecule has 1 rings (SSSR count). The minimum atomic E-state index is -0.276. The van der Waals surface area contributed by atoms with E-state index in [0.717, 1.165) is 17.9 Å². The average molecular weight is 327 g/mol. The summed E-state index contributed by atoms with van der Waals surface area (Å²) >= 11 is 0. The Morgan fingerprint density at radius 1 is 0.739 bits per heavy atom. The lowest BCUT2D eigenvalue weighted by Crippen LogP contribution is -2.33. The van der Waals surface area contributed by atoms with Gasteiger partial charge in [-0.3, -0.25) is 14.5 Å². The number of rotatable bonds is 15. The summed E-state index contributed by atoms with van der Waals surface area (Å²) in [5.74, 6) is -0.552. The second-order valence-corrected chi connectivity index (χ2v) is 5.41. The second-order valence-electron chi connectivity index (χ2n) is 5.41. The molecule has 6 nitrogen and oxygen atoms in total. The standard InChI is InChI=1S/C17H29NO5/c1-2-3-4-5-6-10-21-12-14-23-15-13-22-11-9-18-16(19)7-8-17(18)20/h7-8H,2-6,9-15H2,1H3. The zero-order valence-corrected chi connectivity index (χ0v) is 14.1. The predicted molar refractivity (Wildman–Crippen MR) is 87.1 cm³/mol. The molecule has 6 heteroatoms. The Bertz CT molecular complexity index is 352. The number of carbonyl (C=O) groups is 2. The fourth-order valence-corrected chi connectivity index (χ4v) is 2.16. The Labute approximate surface area is 138 Å². The lowest BCUT2D eigenvalue weighted by atomic mass is 10.2. The van der Waals surface area contributed by atoms with Crippen molar-refractivity contribution in [1.29, 1.82) is 0 Å². The van der Waals surface area contributed by atoms with E-state index in [9.17, 15) is 9.59 Å². The van der Waals surface area contributed by atoms with E-state index in [-0.39, 0.29) is 18.4 Å². The third kappa shape index (κ3) is 9.48. The molecule has 1 aliphatic rings. The van der Waals surface area contributed by atoms with Crippen molar-refractivity contribution in [3.8, 4) is 0 Å². The zero-order valence-electron chi connectivity index (χ0n) is 14.1. The van der Waals surface area contributed by atoms with Crippen LogP contribution in [0.2, 0.25) is 0 Å². The number of imide groups is 1. The summed E-state index contributed by atoms with van der Waals surface area (Å²) < 4.78 is 16.2. The van der Waals surface area contributed by atoms with Crippen molar-refractivity contribution in [2.45, 2.75) is 39.0 Å². The molecular weight excluding hydrogens is 298 g/mol. The lowest BCUT2D eigenvalue weighted by Gasteiger charge is -2.13. The van der Waals surface area contributed by atoms with E-state index in [1.807, 2.05) is 0 Å². The molecule has 1 aliphatic heterocycles. The van der Waals surface area contributed by atoms with Crippen molar-refractivity contribution < 1.29 is 23.8 Å². The van der Waals surface area contributed by atoms with Gasteiger partial charge in [0.05, 0.1) is 39.6 Å². The number of hydrogen-bond acceptors (Lipinski definition) is 5. The maximum Gasteiger partial charge on any atom is 0.253 e. The van der Waals surface area contributed by atoms with E-state index in [4.69, 9.17) is 14.2 Å². The summed E-state index contributed by atoms with van der Waals surface area (Å²) in [4.78, 5) is 23.7. The molecule has 0 aromatic carbocycles. The van der Waals surface area contributed by atoms with Gasteiger partial charge in [0.2, 0.25) is 0 Å². The number of carbonyl (C=O) groups excluding carboxylic acids is 2. The third-order valence-corrected chi connectivity index (χ3v) is 3.50. The molecule has 0 spiro atoms. The molecule has 0 saturated heterocycles. The smallest absolute Gasteiger partial charge is 0.253 e. The fraction of sp³-hybridized carbons (Fsp3) is 0.765. The van der Waals surface area contributed by atoms with Crippen LogP contribution in [0.1, 0.15) is 39.0 Å². The highest BCUT2D eigenvalue weighted by Crippen LogP contribution is 2.03. The lowest BCUT2D eigenvalue weighted by molar-refractivity contribution is -0.137. The van der Waals surface area contributed by atoms with Crippen molar-refractivity contribution in [2.75, 3.05) is 46.2 Å². The highest BCUT2D eigenvalue weighted by molar-refractivity contribution is 6.12. The van der Waals surface area contributed by atoms with Crippen molar-refractivity contribution in [1.82, 2.24) is 4.90 Å². The van der Waals surface area contributed by atoms with Crippen molar-refractivity contribution in [2.24, 2.45) is 0 Å². The summed E-state index contributed by atoms with van der Waals surface area (Å²) in [5.41, 5.74) is 0. The van der Waals surface area contributed by atoms with Gasteiger partial charge >= 0.3 is 0 Å².